The van der Waals surface area contributed by atoms with Gasteiger partial charge in [0, 0.05) is 11.6 Å². The van der Waals surface area contributed by atoms with Gasteiger partial charge in [-0.1, -0.05) is 23.7 Å². The van der Waals surface area contributed by atoms with Gasteiger partial charge in [0.2, 0.25) is 10.0 Å². The molecule has 0 fully saturated rings. The van der Waals surface area contributed by atoms with E-state index in [1.165, 1.54) is 31.2 Å². The first-order valence-corrected chi connectivity index (χ1v) is 10.5. The van der Waals surface area contributed by atoms with E-state index in [0.29, 0.717) is 17.2 Å². The van der Waals surface area contributed by atoms with Crippen LogP contribution in [0.5, 0.6) is 5.75 Å². The van der Waals surface area contributed by atoms with Gasteiger partial charge in [-0.25, -0.2) is 13.1 Å². The number of carboxylic acids is 1. The summed E-state index contributed by atoms with van der Waals surface area (Å²) in [4.78, 5) is 22.5. The summed E-state index contributed by atoms with van der Waals surface area (Å²) in [5.74, 6) is -1.27. The fraction of sp³-hybridized carbons (Fsp3) is 0.263. The number of sulfonamides is 1. The lowest BCUT2D eigenvalue weighted by Gasteiger charge is -2.11. The summed E-state index contributed by atoms with van der Waals surface area (Å²) >= 11 is 5.77. The highest BCUT2D eigenvalue weighted by Crippen LogP contribution is 2.15. The van der Waals surface area contributed by atoms with Gasteiger partial charge in [-0.2, -0.15) is 0 Å². The smallest absolute Gasteiger partial charge is 0.325 e. The van der Waals surface area contributed by atoms with Crippen molar-refractivity contribution in [3.8, 4) is 5.75 Å². The summed E-state index contributed by atoms with van der Waals surface area (Å²) in [6, 6.07) is 11.7. The van der Waals surface area contributed by atoms with E-state index in [-0.39, 0.29) is 18.0 Å². The van der Waals surface area contributed by atoms with Crippen LogP contribution in [0, 0.1) is 0 Å². The van der Waals surface area contributed by atoms with Gasteiger partial charge in [0.1, 0.15) is 11.8 Å². The number of halogens is 1. The van der Waals surface area contributed by atoms with Gasteiger partial charge in [-0.15, -0.1) is 0 Å². The lowest BCUT2D eigenvalue weighted by Crippen LogP contribution is -2.40. The van der Waals surface area contributed by atoms with Crippen molar-refractivity contribution in [1.29, 1.82) is 0 Å². The van der Waals surface area contributed by atoms with E-state index < -0.39 is 27.9 Å². The number of aliphatic carboxylic acids is 1. The number of amides is 1. The molecule has 1 amide bonds. The van der Waals surface area contributed by atoms with E-state index in [9.17, 15) is 18.0 Å². The zero-order valence-electron chi connectivity index (χ0n) is 15.6. The topological polar surface area (TPSA) is 122 Å². The number of carbonyl (C=O) groups is 2. The summed E-state index contributed by atoms with van der Waals surface area (Å²) in [6.45, 7) is 1.20. The molecular weight excluding hydrogens is 420 g/mol. The second-order valence-electron chi connectivity index (χ2n) is 6.17. The minimum absolute atomic E-state index is 0.126. The molecular formula is C19H21ClN2O6S. The summed E-state index contributed by atoms with van der Waals surface area (Å²) in [5, 5.41) is 11.5. The molecule has 3 N–H and O–H groups in total. The SMILES string of the molecule is C[C@@H](NC(=O)COc1cccc(CCNS(=O)(=O)c2ccc(Cl)cc2)c1)C(=O)O. The van der Waals surface area contributed by atoms with E-state index in [1.54, 1.807) is 24.3 Å². The molecule has 2 aromatic carbocycles. The van der Waals surface area contributed by atoms with Crippen molar-refractivity contribution in [1.82, 2.24) is 10.0 Å². The van der Waals surface area contributed by atoms with E-state index >= 15 is 0 Å². The van der Waals surface area contributed by atoms with E-state index in [4.69, 9.17) is 21.4 Å². The van der Waals surface area contributed by atoms with Crippen LogP contribution in [0.15, 0.2) is 53.4 Å². The standard InChI is InChI=1S/C19H21ClN2O6S/c1-13(19(24)25)22-18(23)12-28-16-4-2-3-14(11-16)9-10-21-29(26,27)17-7-5-15(20)6-8-17/h2-8,11,13,21H,9-10,12H2,1H3,(H,22,23)(H,24,25)/t13-/m1/s1. The Balaban J connectivity index is 1.86. The first kappa shape index (κ1) is 22.7. The Morgan fingerprint density at radius 1 is 1.17 bits per heavy atom. The fourth-order valence-corrected chi connectivity index (χ4v) is 3.47. The van der Waals surface area contributed by atoms with Crippen LogP contribution in [-0.4, -0.2) is 44.6 Å². The second kappa shape index (κ2) is 10.2. The maximum absolute atomic E-state index is 12.2. The van der Waals surface area contributed by atoms with Crippen LogP contribution in [0.25, 0.3) is 0 Å². The molecule has 0 aliphatic rings. The summed E-state index contributed by atoms with van der Waals surface area (Å²) < 4.78 is 32.4. The van der Waals surface area contributed by atoms with Gasteiger partial charge in [0.05, 0.1) is 4.90 Å². The zero-order valence-corrected chi connectivity index (χ0v) is 17.2. The van der Waals surface area contributed by atoms with Crippen molar-refractivity contribution in [2.75, 3.05) is 13.2 Å². The normalized spacial score (nSPS) is 12.2. The third kappa shape index (κ3) is 7.37. The number of ether oxygens (including phenoxy) is 1. The highest BCUT2D eigenvalue weighted by Gasteiger charge is 2.15. The first-order chi connectivity index (χ1) is 13.7. The van der Waals surface area contributed by atoms with Crippen LogP contribution in [0.4, 0.5) is 0 Å². The van der Waals surface area contributed by atoms with Crippen LogP contribution >= 0.6 is 11.6 Å². The molecule has 2 rings (SSSR count). The molecule has 0 saturated heterocycles. The molecule has 29 heavy (non-hydrogen) atoms. The second-order valence-corrected chi connectivity index (χ2v) is 8.37. The molecule has 0 aliphatic heterocycles. The Morgan fingerprint density at radius 2 is 1.86 bits per heavy atom. The van der Waals surface area contributed by atoms with Crippen molar-refractivity contribution in [2.24, 2.45) is 0 Å². The predicted octanol–water partition coefficient (Wildman–Crippen LogP) is 1.83. The fourth-order valence-electron chi connectivity index (χ4n) is 2.31. The number of hydrogen-bond acceptors (Lipinski definition) is 5. The van der Waals surface area contributed by atoms with Crippen molar-refractivity contribution >= 4 is 33.5 Å². The van der Waals surface area contributed by atoms with Crippen LogP contribution in [0.2, 0.25) is 5.02 Å². The highest BCUT2D eigenvalue weighted by atomic mass is 35.5. The van der Waals surface area contributed by atoms with Crippen LogP contribution in [0.1, 0.15) is 12.5 Å². The molecule has 0 heterocycles. The number of benzene rings is 2. The van der Waals surface area contributed by atoms with Gasteiger partial charge < -0.3 is 15.2 Å². The molecule has 0 aromatic heterocycles. The maximum atomic E-state index is 12.2. The summed E-state index contributed by atoms with van der Waals surface area (Å²) in [7, 11) is -3.64. The minimum atomic E-state index is -3.64. The molecule has 0 saturated carbocycles. The Labute approximate surface area is 173 Å². The third-order valence-electron chi connectivity index (χ3n) is 3.85. The highest BCUT2D eigenvalue weighted by molar-refractivity contribution is 7.89. The lowest BCUT2D eigenvalue weighted by atomic mass is 10.1. The predicted molar refractivity (Wildman–Crippen MR) is 108 cm³/mol. The Kier molecular flexibility index (Phi) is 8.00. The van der Waals surface area contributed by atoms with Gasteiger partial charge in [-0.3, -0.25) is 9.59 Å². The van der Waals surface area contributed by atoms with Gasteiger partial charge in [0.25, 0.3) is 5.91 Å². The lowest BCUT2D eigenvalue weighted by molar-refractivity contribution is -0.141. The molecule has 156 valence electrons. The van der Waals surface area contributed by atoms with Crippen molar-refractivity contribution < 1.29 is 27.9 Å². The number of carboxylic acid groups (broad SMARTS) is 1. The minimum Gasteiger partial charge on any atom is -0.484 e. The number of rotatable bonds is 10. The monoisotopic (exact) mass is 440 g/mol. The van der Waals surface area contributed by atoms with Crippen molar-refractivity contribution in [3.05, 3.63) is 59.1 Å². The van der Waals surface area contributed by atoms with Crippen LogP contribution in [0.3, 0.4) is 0 Å². The molecule has 0 aliphatic carbocycles. The summed E-state index contributed by atoms with van der Waals surface area (Å²) in [5.41, 5.74) is 0.806. The third-order valence-corrected chi connectivity index (χ3v) is 5.57. The zero-order chi connectivity index (χ0) is 21.4. The molecule has 0 radical (unpaired) electrons. The average Bonchev–Trinajstić information content (AvgIpc) is 2.67. The first-order valence-electron chi connectivity index (χ1n) is 8.66. The van der Waals surface area contributed by atoms with Gasteiger partial charge in [0.15, 0.2) is 6.61 Å². The quantitative estimate of drug-likeness (QED) is 0.518. The van der Waals surface area contributed by atoms with Crippen molar-refractivity contribution in [3.63, 3.8) is 0 Å². The molecule has 0 unspecified atom stereocenters. The number of hydrogen-bond donors (Lipinski definition) is 3. The van der Waals surface area contributed by atoms with Gasteiger partial charge >= 0.3 is 5.97 Å². The van der Waals surface area contributed by atoms with E-state index in [0.717, 1.165) is 5.56 Å². The van der Waals surface area contributed by atoms with E-state index in [1.807, 2.05) is 0 Å². The van der Waals surface area contributed by atoms with Gasteiger partial charge in [-0.05, 0) is 55.3 Å². The van der Waals surface area contributed by atoms with Crippen molar-refractivity contribution in [2.45, 2.75) is 24.3 Å². The Bertz CT molecular complexity index is 963. The molecule has 2 aromatic rings. The molecule has 8 nitrogen and oxygen atoms in total. The van der Waals surface area contributed by atoms with E-state index in [2.05, 4.69) is 10.0 Å². The summed E-state index contributed by atoms with van der Waals surface area (Å²) in [6.07, 6.45) is 0.409. The average molecular weight is 441 g/mol. The molecule has 0 spiro atoms. The molecule has 0 bridgehead atoms. The largest absolute Gasteiger partial charge is 0.484 e. The van der Waals surface area contributed by atoms with Crippen LogP contribution in [-0.2, 0) is 26.0 Å². The Hall–Kier alpha value is -2.62. The Morgan fingerprint density at radius 3 is 2.52 bits per heavy atom. The molecule has 1 atom stereocenters. The number of carbonyl (C=O) groups excluding carboxylic acids is 1. The maximum Gasteiger partial charge on any atom is 0.325 e. The van der Waals surface area contributed by atoms with Crippen LogP contribution < -0.4 is 14.8 Å². The number of nitrogens with one attached hydrogen (secondary N) is 2. The molecule has 10 heteroatoms.